The molecule has 4 rings (SSSR count). The van der Waals surface area contributed by atoms with Crippen molar-refractivity contribution < 1.29 is 4.79 Å². The molecule has 23 heavy (non-hydrogen) atoms. The van der Waals surface area contributed by atoms with Gasteiger partial charge in [0.05, 0.1) is 4.91 Å². The number of fused-ring (bicyclic) bond motifs is 1. The third kappa shape index (κ3) is 2.88. The number of nitrogens with one attached hydrogen (secondary N) is 2. The topological polar surface area (TPSA) is 44.4 Å². The van der Waals surface area contributed by atoms with E-state index in [0.717, 1.165) is 11.1 Å². The third-order valence-corrected chi connectivity index (χ3v) is 5.15. The van der Waals surface area contributed by atoms with Crippen LogP contribution in [-0.2, 0) is 4.79 Å². The van der Waals surface area contributed by atoms with Crippen molar-refractivity contribution in [2.24, 2.45) is 0 Å². The van der Waals surface area contributed by atoms with Crippen LogP contribution in [0.3, 0.4) is 0 Å². The zero-order valence-corrected chi connectivity index (χ0v) is 13.6. The summed E-state index contributed by atoms with van der Waals surface area (Å²) in [5.74, 6) is -0.0131. The molecule has 2 atom stereocenters. The van der Waals surface area contributed by atoms with Gasteiger partial charge in [-0.15, -0.1) is 0 Å². The molecule has 2 N–H and O–H groups in total. The van der Waals surface area contributed by atoms with E-state index in [4.69, 9.17) is 11.6 Å². The lowest BCUT2D eigenvalue weighted by Crippen LogP contribution is -2.37. The van der Waals surface area contributed by atoms with Crippen LogP contribution in [0.5, 0.6) is 0 Å². The van der Waals surface area contributed by atoms with Crippen molar-refractivity contribution in [2.75, 3.05) is 0 Å². The van der Waals surface area contributed by atoms with Gasteiger partial charge in [0.2, 0.25) is 0 Å². The average molecular weight is 344 g/mol. The maximum atomic E-state index is 12.5. The SMILES string of the molecule is O=C1C(=Cc2ccc(Cl)cc2)SC2NC(c3ccccc3)NN12. The summed E-state index contributed by atoms with van der Waals surface area (Å²) in [5, 5.41) is 5.76. The molecule has 0 bridgehead atoms. The quantitative estimate of drug-likeness (QED) is 0.821. The molecule has 2 heterocycles. The van der Waals surface area contributed by atoms with Gasteiger partial charge in [-0.2, -0.15) is 0 Å². The van der Waals surface area contributed by atoms with Crippen LogP contribution in [0.1, 0.15) is 17.3 Å². The van der Waals surface area contributed by atoms with Crippen molar-refractivity contribution >= 4 is 35.3 Å². The summed E-state index contributed by atoms with van der Waals surface area (Å²) in [5.41, 5.74) is 5.22. The number of carbonyl (C=O) groups excluding carboxylic acids is 1. The highest BCUT2D eigenvalue weighted by atomic mass is 35.5. The van der Waals surface area contributed by atoms with E-state index in [0.29, 0.717) is 9.93 Å². The van der Waals surface area contributed by atoms with E-state index >= 15 is 0 Å². The Morgan fingerprint density at radius 3 is 2.52 bits per heavy atom. The smallest absolute Gasteiger partial charge is 0.267 e. The Morgan fingerprint density at radius 2 is 1.83 bits per heavy atom. The van der Waals surface area contributed by atoms with Crippen LogP contribution in [-0.4, -0.2) is 16.4 Å². The standard InChI is InChI=1S/C17H14ClN3OS/c18-13-8-6-11(7-9-13)10-14-16(22)21-17(23-14)19-15(20-21)12-4-2-1-3-5-12/h1-10,15,17,19-20H. The lowest BCUT2D eigenvalue weighted by Gasteiger charge is -2.14. The number of hydrogen-bond donors (Lipinski definition) is 2. The largest absolute Gasteiger partial charge is 0.276 e. The molecule has 2 aliphatic heterocycles. The van der Waals surface area contributed by atoms with Crippen LogP contribution in [0.4, 0.5) is 0 Å². The minimum absolute atomic E-state index is 0.0131. The highest BCUT2D eigenvalue weighted by Crippen LogP contribution is 2.38. The number of thioether (sulfide) groups is 1. The summed E-state index contributed by atoms with van der Waals surface area (Å²) in [6.07, 6.45) is 1.84. The number of nitrogens with zero attached hydrogens (tertiary/aromatic N) is 1. The average Bonchev–Trinajstić information content (AvgIpc) is 3.11. The molecule has 0 spiro atoms. The molecular formula is C17H14ClN3OS. The Balaban J connectivity index is 1.51. The molecule has 2 aromatic rings. The van der Waals surface area contributed by atoms with Crippen LogP contribution in [0.2, 0.25) is 5.02 Å². The fourth-order valence-corrected chi connectivity index (χ4v) is 3.86. The number of hydrogen-bond acceptors (Lipinski definition) is 4. The lowest BCUT2D eigenvalue weighted by atomic mass is 10.2. The first kappa shape index (κ1) is 14.8. The van der Waals surface area contributed by atoms with Crippen molar-refractivity contribution in [3.05, 3.63) is 75.7 Å². The summed E-state index contributed by atoms with van der Waals surface area (Å²) in [6.45, 7) is 0. The van der Waals surface area contributed by atoms with Gasteiger partial charge in [0.25, 0.3) is 5.91 Å². The molecule has 1 amide bonds. The summed E-state index contributed by atoms with van der Waals surface area (Å²) in [6, 6.07) is 17.5. The molecule has 116 valence electrons. The summed E-state index contributed by atoms with van der Waals surface area (Å²) in [4.78, 5) is 13.3. The number of halogens is 1. The highest BCUT2D eigenvalue weighted by molar-refractivity contribution is 8.05. The fraction of sp³-hybridized carbons (Fsp3) is 0.118. The second-order valence-corrected chi connectivity index (χ2v) is 6.90. The molecular weight excluding hydrogens is 330 g/mol. The summed E-state index contributed by atoms with van der Waals surface area (Å²) >= 11 is 7.41. The van der Waals surface area contributed by atoms with Gasteiger partial charge in [0, 0.05) is 5.02 Å². The second kappa shape index (κ2) is 6.02. The molecule has 2 aliphatic rings. The van der Waals surface area contributed by atoms with Gasteiger partial charge in [-0.25, -0.2) is 10.4 Å². The zero-order valence-electron chi connectivity index (χ0n) is 12.1. The molecule has 2 fully saturated rings. The molecule has 2 unspecified atom stereocenters. The van der Waals surface area contributed by atoms with Crippen LogP contribution in [0.15, 0.2) is 59.5 Å². The predicted molar refractivity (Wildman–Crippen MR) is 93.1 cm³/mol. The molecule has 0 radical (unpaired) electrons. The van der Waals surface area contributed by atoms with Crippen molar-refractivity contribution in [3.8, 4) is 0 Å². The lowest BCUT2D eigenvalue weighted by molar-refractivity contribution is -0.127. The van der Waals surface area contributed by atoms with Gasteiger partial charge in [-0.3, -0.25) is 10.1 Å². The summed E-state index contributed by atoms with van der Waals surface area (Å²) < 4.78 is 0. The van der Waals surface area contributed by atoms with Crippen molar-refractivity contribution in [1.82, 2.24) is 15.8 Å². The highest BCUT2D eigenvalue weighted by Gasteiger charge is 2.43. The second-order valence-electron chi connectivity index (χ2n) is 5.34. The van der Waals surface area contributed by atoms with E-state index in [1.807, 2.05) is 60.7 Å². The Kier molecular flexibility index (Phi) is 3.87. The molecule has 2 saturated heterocycles. The van der Waals surface area contributed by atoms with Gasteiger partial charge < -0.3 is 0 Å². The van der Waals surface area contributed by atoms with E-state index in [-0.39, 0.29) is 17.6 Å². The molecule has 4 nitrogen and oxygen atoms in total. The predicted octanol–water partition coefficient (Wildman–Crippen LogP) is 3.35. The van der Waals surface area contributed by atoms with Crippen molar-refractivity contribution in [2.45, 2.75) is 11.7 Å². The zero-order chi connectivity index (χ0) is 15.8. The van der Waals surface area contributed by atoms with E-state index < -0.39 is 0 Å². The first-order valence-corrected chi connectivity index (χ1v) is 8.51. The molecule has 0 aliphatic carbocycles. The maximum absolute atomic E-state index is 12.5. The van der Waals surface area contributed by atoms with Crippen molar-refractivity contribution in [1.29, 1.82) is 0 Å². The molecule has 2 aromatic carbocycles. The molecule has 6 heteroatoms. The number of carbonyl (C=O) groups is 1. The Bertz CT molecular complexity index is 763. The summed E-state index contributed by atoms with van der Waals surface area (Å²) in [7, 11) is 0. The van der Waals surface area contributed by atoms with Gasteiger partial charge in [-0.1, -0.05) is 65.8 Å². The minimum atomic E-state index is -0.0914. The van der Waals surface area contributed by atoms with E-state index in [9.17, 15) is 4.79 Å². The normalized spacial score (nSPS) is 25.2. The first-order valence-electron chi connectivity index (χ1n) is 7.25. The van der Waals surface area contributed by atoms with Gasteiger partial charge >= 0.3 is 0 Å². The maximum Gasteiger partial charge on any atom is 0.276 e. The van der Waals surface area contributed by atoms with E-state index in [1.165, 1.54) is 11.8 Å². The Labute approximate surface area is 143 Å². The van der Waals surface area contributed by atoms with Crippen molar-refractivity contribution in [3.63, 3.8) is 0 Å². The van der Waals surface area contributed by atoms with E-state index in [2.05, 4.69) is 10.7 Å². The number of rotatable bonds is 2. The fourth-order valence-electron chi connectivity index (χ4n) is 2.62. The number of hydrazine groups is 1. The monoisotopic (exact) mass is 343 g/mol. The van der Waals surface area contributed by atoms with E-state index in [1.54, 1.807) is 5.01 Å². The first-order chi connectivity index (χ1) is 11.2. The number of amides is 1. The Morgan fingerprint density at radius 1 is 1.09 bits per heavy atom. The van der Waals surface area contributed by atoms with Crippen LogP contribution >= 0.6 is 23.4 Å². The van der Waals surface area contributed by atoms with Crippen LogP contribution < -0.4 is 10.7 Å². The van der Waals surface area contributed by atoms with Gasteiger partial charge in [-0.05, 0) is 29.3 Å². The van der Waals surface area contributed by atoms with Gasteiger partial charge in [0.1, 0.15) is 6.17 Å². The molecule has 0 saturated carbocycles. The van der Waals surface area contributed by atoms with Crippen LogP contribution in [0, 0.1) is 0 Å². The van der Waals surface area contributed by atoms with Crippen LogP contribution in [0.25, 0.3) is 6.08 Å². The van der Waals surface area contributed by atoms with Gasteiger partial charge in [0.15, 0.2) is 5.50 Å². The molecule has 0 aromatic heterocycles. The number of benzene rings is 2. The third-order valence-electron chi connectivity index (χ3n) is 3.78. The Hall–Kier alpha value is -1.79. The minimum Gasteiger partial charge on any atom is -0.267 e.